The summed E-state index contributed by atoms with van der Waals surface area (Å²) in [6, 6.07) is 9.70. The van der Waals surface area contributed by atoms with Crippen LogP contribution < -0.4 is 10.2 Å². The van der Waals surface area contributed by atoms with Gasteiger partial charge < -0.3 is 14.6 Å². The van der Waals surface area contributed by atoms with Gasteiger partial charge in [-0.2, -0.15) is 0 Å². The lowest BCUT2D eigenvalue weighted by atomic mass is 10.1. The number of carbonyl (C=O) groups is 1. The highest BCUT2D eigenvalue weighted by Gasteiger charge is 2.19. The largest absolute Gasteiger partial charge is 0.451 e. The molecule has 0 bridgehead atoms. The number of nitrogens with zero attached hydrogens (tertiary/aromatic N) is 2. The minimum Gasteiger partial charge on any atom is -0.451 e. The maximum atomic E-state index is 12.7. The van der Waals surface area contributed by atoms with E-state index in [1.807, 2.05) is 43.5 Å². The Bertz CT molecular complexity index is 977. The number of aryl methyl sites for hydroxylation is 1. The van der Waals surface area contributed by atoms with Crippen molar-refractivity contribution in [3.8, 4) is 0 Å². The molecule has 0 saturated carbocycles. The lowest BCUT2D eigenvalue weighted by Gasteiger charge is -2.29. The molecular weight excluding hydrogens is 406 g/mol. The van der Waals surface area contributed by atoms with Crippen LogP contribution in [0.1, 0.15) is 40.9 Å². The molecule has 0 unspecified atom stereocenters. The second kappa shape index (κ2) is 7.72. The number of fused-ring (bicyclic) bond motifs is 1. The number of anilines is 1. The van der Waals surface area contributed by atoms with Crippen molar-refractivity contribution in [2.45, 2.75) is 32.7 Å². The standard InChI is InChI=1S/C21H22BrN3O2/c1-14-17-12-16(22)7-8-18(17)27-19(14)21(26)24-13-15-6-5-9-23-20(15)25-10-3-2-4-11-25/h5-9,12H,2-4,10-11,13H2,1H3,(H,24,26). The molecule has 1 aliphatic heterocycles. The molecule has 3 aromatic rings. The Labute approximate surface area is 166 Å². The molecule has 3 heterocycles. The van der Waals surface area contributed by atoms with Crippen molar-refractivity contribution < 1.29 is 9.21 Å². The first-order chi connectivity index (χ1) is 13.1. The van der Waals surface area contributed by atoms with Gasteiger partial charge in [0, 0.05) is 46.8 Å². The van der Waals surface area contributed by atoms with Gasteiger partial charge in [-0.3, -0.25) is 4.79 Å². The van der Waals surface area contributed by atoms with E-state index < -0.39 is 0 Å². The van der Waals surface area contributed by atoms with Crippen molar-refractivity contribution >= 4 is 38.6 Å². The first-order valence-corrected chi connectivity index (χ1v) is 10.1. The third-order valence-electron chi connectivity index (χ3n) is 5.07. The van der Waals surface area contributed by atoms with E-state index in [0.29, 0.717) is 12.3 Å². The third kappa shape index (κ3) is 3.72. The zero-order valence-electron chi connectivity index (χ0n) is 15.3. The van der Waals surface area contributed by atoms with Crippen LogP contribution in [0.4, 0.5) is 5.82 Å². The summed E-state index contributed by atoms with van der Waals surface area (Å²) < 4.78 is 6.76. The van der Waals surface area contributed by atoms with Gasteiger partial charge in [0.1, 0.15) is 11.4 Å². The summed E-state index contributed by atoms with van der Waals surface area (Å²) >= 11 is 3.47. The highest BCUT2D eigenvalue weighted by atomic mass is 79.9. The van der Waals surface area contributed by atoms with Crippen LogP contribution in [0.5, 0.6) is 0 Å². The summed E-state index contributed by atoms with van der Waals surface area (Å²) in [5, 5.41) is 3.95. The zero-order valence-corrected chi connectivity index (χ0v) is 16.9. The number of piperidine rings is 1. The predicted molar refractivity (Wildman–Crippen MR) is 110 cm³/mol. The van der Waals surface area contributed by atoms with Gasteiger partial charge in [-0.25, -0.2) is 4.98 Å². The fraction of sp³-hybridized carbons (Fsp3) is 0.333. The van der Waals surface area contributed by atoms with Crippen LogP contribution in [0.15, 0.2) is 45.4 Å². The van der Waals surface area contributed by atoms with Gasteiger partial charge in [-0.05, 0) is 50.5 Å². The molecule has 1 aromatic carbocycles. The van der Waals surface area contributed by atoms with Gasteiger partial charge in [0.25, 0.3) is 5.91 Å². The molecule has 140 valence electrons. The van der Waals surface area contributed by atoms with Crippen LogP contribution in [0.25, 0.3) is 11.0 Å². The van der Waals surface area contributed by atoms with E-state index in [1.165, 1.54) is 19.3 Å². The quantitative estimate of drug-likeness (QED) is 0.648. The van der Waals surface area contributed by atoms with Crippen LogP contribution in [0.3, 0.4) is 0 Å². The average molecular weight is 428 g/mol. The van der Waals surface area contributed by atoms with Gasteiger partial charge in [0.2, 0.25) is 0 Å². The van der Waals surface area contributed by atoms with E-state index in [9.17, 15) is 4.79 Å². The van der Waals surface area contributed by atoms with E-state index in [2.05, 4.69) is 31.1 Å². The second-order valence-corrected chi connectivity index (χ2v) is 7.83. The van der Waals surface area contributed by atoms with Crippen molar-refractivity contribution in [3.05, 3.63) is 57.9 Å². The first-order valence-electron chi connectivity index (χ1n) is 9.29. The minimum absolute atomic E-state index is 0.201. The molecule has 27 heavy (non-hydrogen) atoms. The van der Waals surface area contributed by atoms with Crippen molar-refractivity contribution in [2.24, 2.45) is 0 Å². The van der Waals surface area contributed by atoms with Gasteiger partial charge in [0.05, 0.1) is 0 Å². The normalized spacial score (nSPS) is 14.5. The highest BCUT2D eigenvalue weighted by Crippen LogP contribution is 2.28. The molecule has 1 fully saturated rings. The van der Waals surface area contributed by atoms with E-state index >= 15 is 0 Å². The summed E-state index contributed by atoms with van der Waals surface area (Å²) in [5.74, 6) is 1.14. The second-order valence-electron chi connectivity index (χ2n) is 6.91. The van der Waals surface area contributed by atoms with Crippen LogP contribution >= 0.6 is 15.9 Å². The van der Waals surface area contributed by atoms with Crippen molar-refractivity contribution in [3.63, 3.8) is 0 Å². The number of hydrogen-bond acceptors (Lipinski definition) is 4. The summed E-state index contributed by atoms with van der Waals surface area (Å²) in [6.45, 7) is 4.39. The van der Waals surface area contributed by atoms with Crippen molar-refractivity contribution in [2.75, 3.05) is 18.0 Å². The molecule has 0 spiro atoms. The molecule has 2 aromatic heterocycles. The van der Waals surface area contributed by atoms with Crippen LogP contribution in [-0.4, -0.2) is 24.0 Å². The Balaban J connectivity index is 1.52. The van der Waals surface area contributed by atoms with E-state index in [1.54, 1.807) is 0 Å². The number of rotatable bonds is 4. The minimum atomic E-state index is -0.201. The Morgan fingerprint density at radius 2 is 2.07 bits per heavy atom. The highest BCUT2D eigenvalue weighted by molar-refractivity contribution is 9.10. The smallest absolute Gasteiger partial charge is 0.287 e. The molecular formula is C21H22BrN3O2. The monoisotopic (exact) mass is 427 g/mol. The number of carbonyl (C=O) groups excluding carboxylic acids is 1. The van der Waals surface area contributed by atoms with E-state index in [4.69, 9.17) is 4.42 Å². The Hall–Kier alpha value is -2.34. The molecule has 0 atom stereocenters. The van der Waals surface area contributed by atoms with Gasteiger partial charge in [-0.15, -0.1) is 0 Å². The predicted octanol–water partition coefficient (Wildman–Crippen LogP) is 4.82. The number of furan rings is 1. The molecule has 1 N–H and O–H groups in total. The van der Waals surface area contributed by atoms with Crippen LogP contribution in [-0.2, 0) is 6.54 Å². The number of amides is 1. The van der Waals surface area contributed by atoms with Crippen molar-refractivity contribution in [1.82, 2.24) is 10.3 Å². The first kappa shape index (κ1) is 18.0. The fourth-order valence-corrected chi connectivity index (χ4v) is 3.99. The lowest BCUT2D eigenvalue weighted by Crippen LogP contribution is -2.32. The van der Waals surface area contributed by atoms with E-state index in [-0.39, 0.29) is 5.91 Å². The summed E-state index contributed by atoms with van der Waals surface area (Å²) in [4.78, 5) is 19.6. The Morgan fingerprint density at radius 3 is 2.89 bits per heavy atom. The molecule has 1 amide bonds. The number of benzene rings is 1. The maximum Gasteiger partial charge on any atom is 0.287 e. The molecule has 0 aliphatic carbocycles. The Kier molecular flexibility index (Phi) is 5.16. The lowest BCUT2D eigenvalue weighted by molar-refractivity contribution is 0.0924. The SMILES string of the molecule is Cc1c(C(=O)NCc2cccnc2N2CCCCC2)oc2ccc(Br)cc12. The van der Waals surface area contributed by atoms with Crippen LogP contribution in [0, 0.1) is 6.92 Å². The van der Waals surface area contributed by atoms with Gasteiger partial charge in [-0.1, -0.05) is 22.0 Å². The number of hydrogen-bond donors (Lipinski definition) is 1. The molecule has 6 heteroatoms. The summed E-state index contributed by atoms with van der Waals surface area (Å²) in [7, 11) is 0. The number of halogens is 1. The van der Waals surface area contributed by atoms with Gasteiger partial charge >= 0.3 is 0 Å². The zero-order chi connectivity index (χ0) is 18.8. The molecule has 5 nitrogen and oxygen atoms in total. The number of nitrogens with one attached hydrogen (secondary N) is 1. The molecule has 4 rings (SSSR count). The average Bonchev–Trinajstić information content (AvgIpc) is 3.03. The maximum absolute atomic E-state index is 12.7. The third-order valence-corrected chi connectivity index (χ3v) is 5.56. The molecule has 1 aliphatic rings. The molecule has 0 radical (unpaired) electrons. The number of pyridine rings is 1. The fourth-order valence-electron chi connectivity index (χ4n) is 3.62. The molecule has 1 saturated heterocycles. The van der Waals surface area contributed by atoms with E-state index in [0.717, 1.165) is 45.5 Å². The number of aromatic nitrogens is 1. The Morgan fingerprint density at radius 1 is 1.26 bits per heavy atom. The van der Waals surface area contributed by atoms with Crippen LogP contribution in [0.2, 0.25) is 0 Å². The van der Waals surface area contributed by atoms with Crippen molar-refractivity contribution in [1.29, 1.82) is 0 Å². The topological polar surface area (TPSA) is 58.4 Å². The van der Waals surface area contributed by atoms with Gasteiger partial charge in [0.15, 0.2) is 5.76 Å². The summed E-state index contributed by atoms with van der Waals surface area (Å²) in [5.41, 5.74) is 2.60. The summed E-state index contributed by atoms with van der Waals surface area (Å²) in [6.07, 6.45) is 5.47.